The summed E-state index contributed by atoms with van der Waals surface area (Å²) >= 11 is 0. The van der Waals surface area contributed by atoms with Crippen LogP contribution in [0.25, 0.3) is 11.5 Å². The van der Waals surface area contributed by atoms with Gasteiger partial charge in [-0.25, -0.2) is 8.42 Å². The molecule has 2 aliphatic rings. The zero-order valence-electron chi connectivity index (χ0n) is 13.9. The molecular formula is C17H21N3O4S. The fraction of sp³-hybridized carbons (Fsp3) is 0.529. The molecule has 0 amide bonds. The molecule has 1 aromatic carbocycles. The summed E-state index contributed by atoms with van der Waals surface area (Å²) in [6, 6.07) is 9.14. The highest BCUT2D eigenvalue weighted by molar-refractivity contribution is 7.89. The van der Waals surface area contributed by atoms with Crippen molar-refractivity contribution in [3.05, 3.63) is 36.2 Å². The van der Waals surface area contributed by atoms with Crippen molar-refractivity contribution < 1.29 is 17.7 Å². The van der Waals surface area contributed by atoms with E-state index in [-0.39, 0.29) is 19.3 Å². The van der Waals surface area contributed by atoms with Crippen molar-refractivity contribution in [2.75, 3.05) is 19.8 Å². The Hall–Kier alpha value is -1.77. The lowest BCUT2D eigenvalue weighted by Crippen LogP contribution is -2.49. The first-order chi connectivity index (χ1) is 12.2. The van der Waals surface area contributed by atoms with Crippen molar-refractivity contribution in [2.24, 2.45) is 0 Å². The Labute approximate surface area is 147 Å². The van der Waals surface area contributed by atoms with Gasteiger partial charge in [0, 0.05) is 12.1 Å². The molecule has 0 aliphatic carbocycles. The van der Waals surface area contributed by atoms with Crippen LogP contribution in [0, 0.1) is 0 Å². The number of hydrogen-bond donors (Lipinski definition) is 0. The minimum atomic E-state index is -3.41. The lowest BCUT2D eigenvalue weighted by Gasteiger charge is -2.34. The summed E-state index contributed by atoms with van der Waals surface area (Å²) in [6.45, 7) is 1.04. The molecule has 2 saturated heterocycles. The maximum absolute atomic E-state index is 12.9. The van der Waals surface area contributed by atoms with E-state index in [0.717, 1.165) is 24.8 Å². The number of sulfonamides is 1. The summed E-state index contributed by atoms with van der Waals surface area (Å²) in [5, 5.41) is 3.65. The van der Waals surface area contributed by atoms with E-state index in [1.54, 1.807) is 4.31 Å². The highest BCUT2D eigenvalue weighted by Gasteiger charge is 2.42. The molecule has 134 valence electrons. The quantitative estimate of drug-likeness (QED) is 0.829. The molecule has 0 spiro atoms. The number of ether oxygens (including phenoxy) is 1. The molecule has 1 atom stereocenters. The Kier molecular flexibility index (Phi) is 4.58. The maximum atomic E-state index is 12.9. The van der Waals surface area contributed by atoms with Gasteiger partial charge in [0.05, 0.1) is 19.3 Å². The molecule has 0 radical (unpaired) electrons. The van der Waals surface area contributed by atoms with Crippen molar-refractivity contribution in [3.63, 3.8) is 0 Å². The average Bonchev–Trinajstić information content (AvgIpc) is 2.91. The normalized spacial score (nSPS) is 23.1. The van der Waals surface area contributed by atoms with Crippen molar-refractivity contribution in [1.82, 2.24) is 14.4 Å². The molecule has 8 heteroatoms. The van der Waals surface area contributed by atoms with E-state index in [9.17, 15) is 8.42 Å². The lowest BCUT2D eigenvalue weighted by molar-refractivity contribution is 0.0383. The van der Waals surface area contributed by atoms with Gasteiger partial charge in [0.15, 0.2) is 5.82 Å². The van der Waals surface area contributed by atoms with Crippen molar-refractivity contribution in [2.45, 2.75) is 37.0 Å². The van der Waals surface area contributed by atoms with Crippen LogP contribution in [0.4, 0.5) is 0 Å². The van der Waals surface area contributed by atoms with Gasteiger partial charge in [0.2, 0.25) is 10.0 Å². The monoisotopic (exact) mass is 363 g/mol. The first-order valence-electron chi connectivity index (χ1n) is 8.64. The van der Waals surface area contributed by atoms with Crippen LogP contribution in [0.1, 0.15) is 37.5 Å². The molecule has 2 fully saturated rings. The van der Waals surface area contributed by atoms with E-state index in [2.05, 4.69) is 10.1 Å². The highest BCUT2D eigenvalue weighted by Crippen LogP contribution is 2.34. The van der Waals surface area contributed by atoms with Gasteiger partial charge in [0.25, 0.3) is 5.89 Å². The largest absolute Gasteiger partial charge is 0.378 e. The van der Waals surface area contributed by atoms with Crippen molar-refractivity contribution >= 4 is 10.0 Å². The van der Waals surface area contributed by atoms with E-state index >= 15 is 0 Å². The lowest BCUT2D eigenvalue weighted by atomic mass is 10.1. The van der Waals surface area contributed by atoms with Gasteiger partial charge in [-0.15, -0.1) is 0 Å². The third-order valence-corrected chi connectivity index (χ3v) is 7.03. The zero-order chi connectivity index (χ0) is 17.3. The number of rotatable bonds is 4. The van der Waals surface area contributed by atoms with Crippen LogP contribution in [-0.4, -0.2) is 47.9 Å². The van der Waals surface area contributed by atoms with Crippen molar-refractivity contribution in [1.29, 1.82) is 0 Å². The van der Waals surface area contributed by atoms with Crippen molar-refractivity contribution in [3.8, 4) is 11.5 Å². The number of hydrogen-bond acceptors (Lipinski definition) is 6. The van der Waals surface area contributed by atoms with Gasteiger partial charge >= 0.3 is 0 Å². The van der Waals surface area contributed by atoms with Gasteiger partial charge in [-0.3, -0.25) is 0 Å². The predicted octanol–water partition coefficient (Wildman–Crippen LogP) is 2.38. The Morgan fingerprint density at radius 3 is 2.60 bits per heavy atom. The van der Waals surface area contributed by atoms with Crippen LogP contribution < -0.4 is 0 Å². The average molecular weight is 363 g/mol. The smallest absolute Gasteiger partial charge is 0.257 e. The Balaban J connectivity index is 1.65. The molecule has 0 saturated carbocycles. The molecule has 4 rings (SSSR count). The van der Waals surface area contributed by atoms with Gasteiger partial charge in [-0.05, 0) is 25.0 Å². The summed E-state index contributed by atoms with van der Waals surface area (Å²) in [7, 11) is -3.41. The summed E-state index contributed by atoms with van der Waals surface area (Å²) in [6.07, 6.45) is 3.52. The number of benzene rings is 1. The van der Waals surface area contributed by atoms with E-state index in [0.29, 0.717) is 24.7 Å². The third kappa shape index (κ3) is 3.21. The topological polar surface area (TPSA) is 85.5 Å². The molecule has 7 nitrogen and oxygen atoms in total. The molecule has 0 unspecified atom stereocenters. The molecular weight excluding hydrogens is 342 g/mol. The predicted molar refractivity (Wildman–Crippen MR) is 91.2 cm³/mol. The highest BCUT2D eigenvalue weighted by atomic mass is 32.2. The van der Waals surface area contributed by atoms with E-state index in [1.807, 2.05) is 30.3 Å². The first-order valence-corrected chi connectivity index (χ1v) is 10.1. The Morgan fingerprint density at radius 2 is 1.88 bits per heavy atom. The first kappa shape index (κ1) is 16.7. The fourth-order valence-corrected chi connectivity index (χ4v) is 5.15. The molecule has 25 heavy (non-hydrogen) atoms. The summed E-state index contributed by atoms with van der Waals surface area (Å²) in [4.78, 5) is 4.50. The standard InChI is InChI=1S/C17H21N3O4S/c21-25(22,14-11-23-12-14)20-10-6-2-5-9-15(20)16-18-17(24-19-16)13-7-3-1-4-8-13/h1,3-4,7-8,14-15H,2,5-6,9-12H2/t15-/m0/s1. The SMILES string of the molecule is O=S(=O)(C1COC1)N1CCCCC[C@H]1c1noc(-c2ccccc2)n1. The maximum Gasteiger partial charge on any atom is 0.257 e. The summed E-state index contributed by atoms with van der Waals surface area (Å²) in [5.41, 5.74) is 0.830. The van der Waals surface area contributed by atoms with Crippen LogP contribution in [-0.2, 0) is 14.8 Å². The molecule has 2 aliphatic heterocycles. The number of nitrogens with zero attached hydrogens (tertiary/aromatic N) is 3. The second-order valence-electron chi connectivity index (χ2n) is 6.50. The molecule has 0 bridgehead atoms. The van der Waals surface area contributed by atoms with E-state index < -0.39 is 15.3 Å². The van der Waals surface area contributed by atoms with Crippen LogP contribution >= 0.6 is 0 Å². The zero-order valence-corrected chi connectivity index (χ0v) is 14.7. The number of aromatic nitrogens is 2. The second kappa shape index (κ2) is 6.86. The Bertz CT molecular complexity index is 817. The van der Waals surface area contributed by atoms with Crippen LogP contribution in [0.2, 0.25) is 0 Å². The van der Waals surface area contributed by atoms with E-state index in [4.69, 9.17) is 9.26 Å². The van der Waals surface area contributed by atoms with E-state index in [1.165, 1.54) is 0 Å². The Morgan fingerprint density at radius 1 is 1.08 bits per heavy atom. The summed E-state index contributed by atoms with van der Waals surface area (Å²) in [5.74, 6) is 0.869. The van der Waals surface area contributed by atoms with Crippen LogP contribution in [0.15, 0.2) is 34.9 Å². The third-order valence-electron chi connectivity index (χ3n) is 4.82. The van der Waals surface area contributed by atoms with Gasteiger partial charge in [-0.1, -0.05) is 36.2 Å². The fourth-order valence-electron chi connectivity index (χ4n) is 3.29. The van der Waals surface area contributed by atoms with Gasteiger partial charge < -0.3 is 9.26 Å². The minimum absolute atomic E-state index is 0.271. The van der Waals surface area contributed by atoms with Gasteiger partial charge in [-0.2, -0.15) is 9.29 Å². The van der Waals surface area contributed by atoms with Crippen LogP contribution in [0.5, 0.6) is 0 Å². The summed E-state index contributed by atoms with van der Waals surface area (Å²) < 4.78 is 37.9. The second-order valence-corrected chi connectivity index (χ2v) is 8.67. The molecule has 1 aromatic heterocycles. The molecule has 3 heterocycles. The van der Waals surface area contributed by atoms with Crippen LogP contribution in [0.3, 0.4) is 0 Å². The van der Waals surface area contributed by atoms with Gasteiger partial charge in [0.1, 0.15) is 5.25 Å². The molecule has 0 N–H and O–H groups in total. The minimum Gasteiger partial charge on any atom is -0.378 e. The molecule has 2 aromatic rings.